The third-order valence-electron chi connectivity index (χ3n) is 5.27. The Labute approximate surface area is 162 Å². The number of amides is 1. The number of hydrogen-bond donors (Lipinski definition) is 0. The molecule has 0 spiro atoms. The van der Waals surface area contributed by atoms with Crippen LogP contribution in [0.4, 0.5) is 0 Å². The van der Waals surface area contributed by atoms with Crippen molar-refractivity contribution in [3.8, 4) is 0 Å². The van der Waals surface area contributed by atoms with E-state index in [-0.39, 0.29) is 5.91 Å². The van der Waals surface area contributed by atoms with Crippen LogP contribution in [0.25, 0.3) is 10.2 Å². The summed E-state index contributed by atoms with van der Waals surface area (Å²) in [5.74, 6) is 0.0872. The summed E-state index contributed by atoms with van der Waals surface area (Å²) in [6, 6.07) is 10.2. The summed E-state index contributed by atoms with van der Waals surface area (Å²) >= 11 is 7.46. The van der Waals surface area contributed by atoms with Gasteiger partial charge in [-0.25, -0.2) is 4.98 Å². The van der Waals surface area contributed by atoms with E-state index in [4.69, 9.17) is 11.6 Å². The Bertz CT molecular complexity index is 926. The van der Waals surface area contributed by atoms with Crippen LogP contribution in [0.5, 0.6) is 0 Å². The second-order valence-corrected chi connectivity index (χ2v) is 8.60. The molecule has 2 heterocycles. The largest absolute Gasteiger partial charge is 0.353 e. The molecule has 4 rings (SSSR count). The lowest BCUT2D eigenvalue weighted by Crippen LogP contribution is -2.41. The molecule has 4 nitrogen and oxygen atoms in total. The zero-order valence-corrected chi connectivity index (χ0v) is 16.4. The van der Waals surface area contributed by atoms with Crippen molar-refractivity contribution < 1.29 is 4.79 Å². The number of carbonyl (C=O) groups is 1. The van der Waals surface area contributed by atoms with E-state index in [1.54, 1.807) is 0 Å². The van der Waals surface area contributed by atoms with E-state index in [9.17, 15) is 4.79 Å². The molecule has 0 N–H and O–H groups in total. The quantitative estimate of drug-likeness (QED) is 0.612. The highest BCUT2D eigenvalue weighted by atomic mass is 35.5. The van der Waals surface area contributed by atoms with Crippen molar-refractivity contribution in [2.45, 2.75) is 44.7 Å². The predicted octanol–water partition coefficient (Wildman–Crippen LogP) is 5.26. The normalized spacial score (nSPS) is 15.5. The molecular formula is C20H22ClN3OS. The van der Waals surface area contributed by atoms with Crippen molar-refractivity contribution in [3.63, 3.8) is 0 Å². The molecule has 1 aliphatic rings. The molecule has 0 saturated heterocycles. The van der Waals surface area contributed by atoms with Gasteiger partial charge in [-0.2, -0.15) is 0 Å². The van der Waals surface area contributed by atoms with E-state index in [1.165, 1.54) is 30.6 Å². The van der Waals surface area contributed by atoms with Crippen molar-refractivity contribution in [1.82, 2.24) is 14.5 Å². The predicted molar refractivity (Wildman–Crippen MR) is 107 cm³/mol. The summed E-state index contributed by atoms with van der Waals surface area (Å²) in [6.45, 7) is 0.642. The molecule has 2 aromatic heterocycles. The molecule has 0 radical (unpaired) electrons. The molecule has 26 heavy (non-hydrogen) atoms. The van der Waals surface area contributed by atoms with Crippen LogP contribution in [0.2, 0.25) is 4.47 Å². The number of fused-ring (bicyclic) bond motifs is 1. The monoisotopic (exact) mass is 387 g/mol. The molecule has 136 valence electrons. The summed E-state index contributed by atoms with van der Waals surface area (Å²) in [5.41, 5.74) is 2.65. The smallest absolute Gasteiger partial charge is 0.254 e. The van der Waals surface area contributed by atoms with Gasteiger partial charge < -0.3 is 9.47 Å². The van der Waals surface area contributed by atoms with Gasteiger partial charge in [0.15, 0.2) is 4.47 Å². The highest BCUT2D eigenvalue weighted by molar-refractivity contribution is 7.22. The lowest BCUT2D eigenvalue weighted by Gasteiger charge is -2.34. The van der Waals surface area contributed by atoms with E-state index in [0.29, 0.717) is 22.6 Å². The Hall–Kier alpha value is -1.85. The molecule has 3 aromatic rings. The topological polar surface area (TPSA) is 38.1 Å². The minimum atomic E-state index is 0.0872. The fraction of sp³-hybridized carbons (Fsp3) is 0.400. The van der Waals surface area contributed by atoms with E-state index >= 15 is 0 Å². The van der Waals surface area contributed by atoms with Gasteiger partial charge in [-0.3, -0.25) is 4.79 Å². The minimum Gasteiger partial charge on any atom is -0.353 e. The highest BCUT2D eigenvalue weighted by Crippen LogP contribution is 2.29. The highest BCUT2D eigenvalue weighted by Gasteiger charge is 2.27. The van der Waals surface area contributed by atoms with Crippen LogP contribution in [0.1, 0.15) is 48.2 Å². The standard InChI is InChI=1S/C20H22ClN3OS/c1-23-11-5-8-16(23)13-24(15-6-3-2-4-7-15)19(25)14-9-10-18-17(12-14)22-20(21)26-18/h5,8-12,15H,2-4,6-7,13H2,1H3. The number of rotatable bonds is 4. The van der Waals surface area contributed by atoms with Crippen molar-refractivity contribution in [3.05, 3.63) is 52.3 Å². The second-order valence-electron chi connectivity index (χ2n) is 6.98. The Kier molecular flexibility index (Phi) is 5.00. The number of hydrogen-bond acceptors (Lipinski definition) is 3. The SMILES string of the molecule is Cn1cccc1CN(C(=O)c1ccc2sc(Cl)nc2c1)C1CCCCC1. The number of carbonyl (C=O) groups excluding carboxylic acids is 1. The Balaban J connectivity index is 1.66. The van der Waals surface area contributed by atoms with Gasteiger partial charge >= 0.3 is 0 Å². The maximum Gasteiger partial charge on any atom is 0.254 e. The first-order valence-corrected chi connectivity index (χ1v) is 10.3. The van der Waals surface area contributed by atoms with Crippen molar-refractivity contribution in [2.75, 3.05) is 0 Å². The van der Waals surface area contributed by atoms with E-state index in [1.807, 2.05) is 37.5 Å². The van der Waals surface area contributed by atoms with Crippen molar-refractivity contribution in [2.24, 2.45) is 7.05 Å². The van der Waals surface area contributed by atoms with Gasteiger partial charge in [-0.1, -0.05) is 30.9 Å². The molecule has 0 unspecified atom stereocenters. The number of halogens is 1. The number of thiazole rings is 1. The van der Waals surface area contributed by atoms with Crippen LogP contribution >= 0.6 is 22.9 Å². The number of aromatic nitrogens is 2. The Morgan fingerprint density at radius 1 is 1.31 bits per heavy atom. The van der Waals surface area contributed by atoms with Crippen LogP contribution < -0.4 is 0 Å². The number of benzene rings is 1. The van der Waals surface area contributed by atoms with E-state index in [0.717, 1.165) is 28.8 Å². The number of aryl methyl sites for hydroxylation is 1. The van der Waals surface area contributed by atoms with E-state index < -0.39 is 0 Å². The van der Waals surface area contributed by atoms with Gasteiger partial charge in [-0.05, 0) is 43.2 Å². The van der Waals surface area contributed by atoms with Gasteiger partial charge in [0.05, 0.1) is 16.8 Å². The molecule has 0 bridgehead atoms. The van der Waals surface area contributed by atoms with Gasteiger partial charge in [0.1, 0.15) is 0 Å². The van der Waals surface area contributed by atoms with Crippen molar-refractivity contribution in [1.29, 1.82) is 0 Å². The Morgan fingerprint density at radius 2 is 2.12 bits per heavy atom. The minimum absolute atomic E-state index is 0.0872. The summed E-state index contributed by atoms with van der Waals surface area (Å²) in [5, 5.41) is 0. The molecular weight excluding hydrogens is 366 g/mol. The first kappa shape index (κ1) is 17.6. The maximum atomic E-state index is 13.4. The van der Waals surface area contributed by atoms with Crippen LogP contribution in [0.3, 0.4) is 0 Å². The van der Waals surface area contributed by atoms with Crippen LogP contribution in [0, 0.1) is 0 Å². The Morgan fingerprint density at radius 3 is 2.85 bits per heavy atom. The first-order valence-electron chi connectivity index (χ1n) is 9.09. The second kappa shape index (κ2) is 7.41. The molecule has 0 aliphatic heterocycles. The first-order chi connectivity index (χ1) is 12.6. The zero-order chi connectivity index (χ0) is 18.1. The fourth-order valence-corrected chi connectivity index (χ4v) is 4.80. The number of nitrogens with zero attached hydrogens (tertiary/aromatic N) is 3. The summed E-state index contributed by atoms with van der Waals surface area (Å²) in [4.78, 5) is 19.8. The molecule has 1 fully saturated rings. The molecule has 0 atom stereocenters. The lowest BCUT2D eigenvalue weighted by atomic mass is 9.93. The molecule has 1 amide bonds. The molecule has 1 aromatic carbocycles. The third-order valence-corrected chi connectivity index (χ3v) is 6.41. The van der Waals surface area contributed by atoms with E-state index in [2.05, 4.69) is 20.5 Å². The van der Waals surface area contributed by atoms with Crippen LogP contribution in [-0.4, -0.2) is 26.4 Å². The summed E-state index contributed by atoms with van der Waals surface area (Å²) in [7, 11) is 2.03. The molecule has 6 heteroatoms. The van der Waals surface area contributed by atoms with Gasteiger partial charge in [0, 0.05) is 30.5 Å². The summed E-state index contributed by atoms with van der Waals surface area (Å²) in [6.07, 6.45) is 7.86. The fourth-order valence-electron chi connectivity index (χ4n) is 3.79. The third kappa shape index (κ3) is 3.51. The van der Waals surface area contributed by atoms with Crippen LogP contribution in [0.15, 0.2) is 36.5 Å². The van der Waals surface area contributed by atoms with Crippen molar-refractivity contribution >= 4 is 39.1 Å². The van der Waals surface area contributed by atoms with Crippen LogP contribution in [-0.2, 0) is 13.6 Å². The zero-order valence-electron chi connectivity index (χ0n) is 14.8. The molecule has 1 aliphatic carbocycles. The van der Waals surface area contributed by atoms with Gasteiger partial charge in [-0.15, -0.1) is 11.3 Å². The lowest BCUT2D eigenvalue weighted by molar-refractivity contribution is 0.0609. The molecule has 1 saturated carbocycles. The maximum absolute atomic E-state index is 13.4. The van der Waals surface area contributed by atoms with Gasteiger partial charge in [0.25, 0.3) is 5.91 Å². The van der Waals surface area contributed by atoms with Gasteiger partial charge in [0.2, 0.25) is 0 Å². The summed E-state index contributed by atoms with van der Waals surface area (Å²) < 4.78 is 3.61. The average molecular weight is 388 g/mol. The average Bonchev–Trinajstić information content (AvgIpc) is 3.23.